The molecule has 3 nitrogen and oxygen atoms in total. The fourth-order valence-corrected chi connectivity index (χ4v) is 0.671. The van der Waals surface area contributed by atoms with Crippen molar-refractivity contribution in [1.82, 2.24) is 5.32 Å². The monoisotopic (exact) mass is 174 g/mol. The Bertz CT molecular complexity index is 159. The van der Waals surface area contributed by atoms with Crippen LogP contribution in [0.2, 0.25) is 0 Å². The van der Waals surface area contributed by atoms with Gasteiger partial charge in [0.2, 0.25) is 5.91 Å². The minimum absolute atomic E-state index is 0.00722. The lowest BCUT2D eigenvalue weighted by Crippen LogP contribution is -2.41. The third-order valence-electron chi connectivity index (χ3n) is 1.28. The summed E-state index contributed by atoms with van der Waals surface area (Å²) in [6.07, 6.45) is 1.38. The minimum atomic E-state index is -0.191. The summed E-state index contributed by atoms with van der Waals surface area (Å²) in [5.74, 6) is 0.00722. The molecule has 0 aromatic carbocycles. The van der Waals surface area contributed by atoms with Gasteiger partial charge < -0.3 is 11.1 Å². The highest BCUT2D eigenvalue weighted by Crippen LogP contribution is 1.88. The number of nitrogens with one attached hydrogen (secondary N) is 1. The van der Waals surface area contributed by atoms with Crippen molar-refractivity contribution in [2.75, 3.05) is 0 Å². The molecule has 0 aliphatic heterocycles. The van der Waals surface area contributed by atoms with Gasteiger partial charge in [-0.1, -0.05) is 19.1 Å². The van der Waals surface area contributed by atoms with Gasteiger partial charge in [0.15, 0.2) is 0 Å². The number of thiocarbonyl (C=S) groups is 1. The molecule has 0 aliphatic carbocycles. The average molecular weight is 174 g/mol. The van der Waals surface area contributed by atoms with E-state index < -0.39 is 0 Å². The molecule has 0 bridgehead atoms. The molecule has 64 valence electrons. The summed E-state index contributed by atoms with van der Waals surface area (Å²) in [5.41, 5.74) is 5.30. The van der Waals surface area contributed by atoms with E-state index in [9.17, 15) is 4.79 Å². The van der Waals surface area contributed by atoms with Crippen molar-refractivity contribution in [3.8, 4) is 0 Å². The number of hydrogen-bond acceptors (Lipinski definition) is 2. The molecule has 11 heavy (non-hydrogen) atoms. The molecule has 0 spiro atoms. The van der Waals surface area contributed by atoms with E-state index in [2.05, 4.69) is 17.5 Å². The van der Waals surface area contributed by atoms with Gasteiger partial charge >= 0.3 is 0 Å². The van der Waals surface area contributed by atoms with Gasteiger partial charge in [0, 0.05) is 6.42 Å². The van der Waals surface area contributed by atoms with Crippen LogP contribution < -0.4 is 11.1 Å². The summed E-state index contributed by atoms with van der Waals surface area (Å²) in [6.45, 7) is 3.72. The molecular formula is C7H14N2OS. The van der Waals surface area contributed by atoms with E-state index >= 15 is 0 Å². The van der Waals surface area contributed by atoms with Crippen LogP contribution in [0.5, 0.6) is 0 Å². The first-order valence-electron chi connectivity index (χ1n) is 3.66. The first kappa shape index (κ1) is 10.4. The summed E-state index contributed by atoms with van der Waals surface area (Å²) < 4.78 is 0. The first-order valence-corrected chi connectivity index (χ1v) is 4.07. The Morgan fingerprint density at radius 1 is 1.73 bits per heavy atom. The van der Waals surface area contributed by atoms with E-state index in [1.54, 1.807) is 6.92 Å². The van der Waals surface area contributed by atoms with Crippen molar-refractivity contribution in [2.45, 2.75) is 32.7 Å². The van der Waals surface area contributed by atoms with E-state index in [-0.39, 0.29) is 11.9 Å². The Kier molecular flexibility index (Phi) is 4.77. The van der Waals surface area contributed by atoms with Crippen LogP contribution in [0.3, 0.4) is 0 Å². The summed E-state index contributed by atoms with van der Waals surface area (Å²) in [5, 5.41) is 2.68. The van der Waals surface area contributed by atoms with E-state index in [0.717, 1.165) is 6.42 Å². The van der Waals surface area contributed by atoms with Crippen LogP contribution in [0.25, 0.3) is 0 Å². The number of hydrogen-bond donors (Lipinski definition) is 2. The molecule has 0 aromatic rings. The van der Waals surface area contributed by atoms with Crippen molar-refractivity contribution < 1.29 is 4.79 Å². The van der Waals surface area contributed by atoms with Crippen LogP contribution >= 0.6 is 12.2 Å². The van der Waals surface area contributed by atoms with Gasteiger partial charge in [-0.3, -0.25) is 4.79 Å². The third-order valence-corrected chi connectivity index (χ3v) is 1.63. The predicted molar refractivity (Wildman–Crippen MR) is 49.3 cm³/mol. The lowest BCUT2D eigenvalue weighted by atomic mass is 10.3. The molecule has 0 fully saturated rings. The molecule has 0 saturated carbocycles. The molecule has 1 atom stereocenters. The quantitative estimate of drug-likeness (QED) is 0.613. The molecular weight excluding hydrogens is 160 g/mol. The molecule has 0 aliphatic rings. The highest BCUT2D eigenvalue weighted by atomic mass is 32.1. The summed E-state index contributed by atoms with van der Waals surface area (Å²) in [7, 11) is 0. The maximum absolute atomic E-state index is 10.9. The average Bonchev–Trinajstić information content (AvgIpc) is 1.87. The van der Waals surface area contributed by atoms with E-state index in [0.29, 0.717) is 11.4 Å². The van der Waals surface area contributed by atoms with Crippen LogP contribution in [-0.4, -0.2) is 16.9 Å². The number of carbonyl (C=O) groups excluding carboxylic acids is 1. The van der Waals surface area contributed by atoms with Crippen LogP contribution in [0.15, 0.2) is 0 Å². The minimum Gasteiger partial charge on any atom is -0.392 e. The Hall–Kier alpha value is -0.640. The molecule has 4 heteroatoms. The van der Waals surface area contributed by atoms with Gasteiger partial charge in [-0.05, 0) is 13.3 Å². The topological polar surface area (TPSA) is 55.1 Å². The van der Waals surface area contributed by atoms with Crippen molar-refractivity contribution in [1.29, 1.82) is 0 Å². The molecule has 1 unspecified atom stereocenters. The van der Waals surface area contributed by atoms with Gasteiger partial charge in [-0.25, -0.2) is 0 Å². The first-order chi connectivity index (χ1) is 5.07. The molecule has 0 radical (unpaired) electrons. The highest BCUT2D eigenvalue weighted by molar-refractivity contribution is 7.80. The summed E-state index contributed by atoms with van der Waals surface area (Å²) in [4.78, 5) is 11.3. The zero-order chi connectivity index (χ0) is 8.85. The van der Waals surface area contributed by atoms with Crippen LogP contribution in [0.1, 0.15) is 26.7 Å². The lowest BCUT2D eigenvalue weighted by molar-refractivity contribution is -0.121. The molecule has 1 amide bonds. The largest absolute Gasteiger partial charge is 0.392 e. The summed E-state index contributed by atoms with van der Waals surface area (Å²) >= 11 is 4.68. The normalized spacial score (nSPS) is 12.2. The van der Waals surface area contributed by atoms with Gasteiger partial charge in [-0.15, -0.1) is 0 Å². The zero-order valence-electron chi connectivity index (χ0n) is 6.89. The lowest BCUT2D eigenvalue weighted by Gasteiger charge is -2.10. The second-order valence-corrected chi connectivity index (χ2v) is 2.91. The third kappa shape index (κ3) is 4.72. The summed E-state index contributed by atoms with van der Waals surface area (Å²) in [6, 6.07) is -0.191. The maximum Gasteiger partial charge on any atom is 0.220 e. The predicted octanol–water partition coefficient (Wildman–Crippen LogP) is 0.577. The number of nitrogens with two attached hydrogens (primary N) is 1. The van der Waals surface area contributed by atoms with Crippen molar-refractivity contribution >= 4 is 23.1 Å². The standard InChI is InChI=1S/C7H14N2OS/c1-3-4-6(10)9-5(2)7(8)11/h5H,3-4H2,1-2H3,(H2,8,11)(H,9,10). The second kappa shape index (κ2) is 5.07. The Morgan fingerprint density at radius 2 is 2.27 bits per heavy atom. The van der Waals surface area contributed by atoms with Crippen molar-refractivity contribution in [3.05, 3.63) is 0 Å². The van der Waals surface area contributed by atoms with Crippen LogP contribution in [-0.2, 0) is 4.79 Å². The molecule has 0 rings (SSSR count). The molecule has 0 aromatic heterocycles. The molecule has 0 saturated heterocycles. The maximum atomic E-state index is 10.9. The fraction of sp³-hybridized carbons (Fsp3) is 0.714. The fourth-order valence-electron chi connectivity index (χ4n) is 0.612. The van der Waals surface area contributed by atoms with Gasteiger partial charge in [0.25, 0.3) is 0 Å². The highest BCUT2D eigenvalue weighted by Gasteiger charge is 2.07. The van der Waals surface area contributed by atoms with Gasteiger partial charge in [0.1, 0.15) is 0 Å². The van der Waals surface area contributed by atoms with E-state index in [4.69, 9.17) is 5.73 Å². The van der Waals surface area contributed by atoms with E-state index in [1.165, 1.54) is 0 Å². The Balaban J connectivity index is 3.66. The van der Waals surface area contributed by atoms with Crippen LogP contribution in [0.4, 0.5) is 0 Å². The molecule has 3 N–H and O–H groups in total. The smallest absolute Gasteiger partial charge is 0.220 e. The number of rotatable bonds is 4. The SMILES string of the molecule is CCCC(=O)NC(C)C(N)=S. The zero-order valence-corrected chi connectivity index (χ0v) is 7.70. The van der Waals surface area contributed by atoms with Crippen LogP contribution in [0, 0.1) is 0 Å². The Labute approximate surface area is 72.3 Å². The van der Waals surface area contributed by atoms with E-state index in [1.807, 2.05) is 6.92 Å². The van der Waals surface area contributed by atoms with Gasteiger partial charge in [0.05, 0.1) is 11.0 Å². The second-order valence-electron chi connectivity index (χ2n) is 2.44. The Morgan fingerprint density at radius 3 is 2.64 bits per heavy atom. The van der Waals surface area contributed by atoms with Gasteiger partial charge in [-0.2, -0.15) is 0 Å². The number of carbonyl (C=O) groups is 1. The molecule has 0 heterocycles. The van der Waals surface area contributed by atoms with Crippen molar-refractivity contribution in [3.63, 3.8) is 0 Å². The van der Waals surface area contributed by atoms with Crippen molar-refractivity contribution in [2.24, 2.45) is 5.73 Å². The number of amides is 1.